The van der Waals surface area contributed by atoms with E-state index in [0.29, 0.717) is 6.42 Å². The fourth-order valence-corrected chi connectivity index (χ4v) is 1.19. The fourth-order valence-electron chi connectivity index (χ4n) is 1.11. The third-order valence-corrected chi connectivity index (χ3v) is 2.33. The second kappa shape index (κ2) is 5.51. The summed E-state index contributed by atoms with van der Waals surface area (Å²) in [5, 5.41) is 8.87. The number of esters is 1. The van der Waals surface area contributed by atoms with Gasteiger partial charge in [0.05, 0.1) is 11.1 Å². The zero-order valence-electron chi connectivity index (χ0n) is 8.64. The first-order valence-corrected chi connectivity index (χ1v) is 5.17. The molecule has 0 amide bonds. The Morgan fingerprint density at radius 3 is 2.44 bits per heavy atom. The molecule has 0 aromatic heterocycles. The quantitative estimate of drug-likeness (QED) is 0.651. The summed E-state index contributed by atoms with van der Waals surface area (Å²) in [7, 11) is 0. The normalized spacial score (nSPS) is 11.9. The maximum Gasteiger partial charge on any atom is 0.340 e. The van der Waals surface area contributed by atoms with Crippen LogP contribution in [0.2, 0.25) is 0 Å². The van der Waals surface area contributed by atoms with Crippen LogP contribution in [0.15, 0.2) is 24.3 Å². The Morgan fingerprint density at radius 2 is 1.94 bits per heavy atom. The van der Waals surface area contributed by atoms with Gasteiger partial charge < -0.3 is 9.84 Å². The van der Waals surface area contributed by atoms with E-state index >= 15 is 0 Å². The molecule has 0 aliphatic carbocycles. The smallest absolute Gasteiger partial charge is 0.340 e. The van der Waals surface area contributed by atoms with Crippen LogP contribution in [0.25, 0.3) is 0 Å². The molecule has 16 heavy (non-hydrogen) atoms. The molecule has 0 bridgehead atoms. The van der Waals surface area contributed by atoms with Gasteiger partial charge in [-0.3, -0.25) is 0 Å². The molecule has 86 valence electrons. The molecule has 1 atom stereocenters. The van der Waals surface area contributed by atoms with Crippen LogP contribution in [0.1, 0.15) is 34.1 Å². The number of ether oxygens (including phenoxy) is 1. The molecule has 1 aromatic carbocycles. The molecule has 1 rings (SSSR count). The van der Waals surface area contributed by atoms with Gasteiger partial charge in [0, 0.05) is 0 Å². The summed E-state index contributed by atoms with van der Waals surface area (Å²) in [5.74, 6) is -1.89. The molecule has 0 aliphatic heterocycles. The number of aromatic carboxylic acids is 1. The molecule has 1 aromatic rings. The van der Waals surface area contributed by atoms with Gasteiger partial charge in [-0.05, 0) is 18.6 Å². The van der Waals surface area contributed by atoms with Gasteiger partial charge in [-0.2, -0.15) is 0 Å². The minimum absolute atomic E-state index is 0.00843. The van der Waals surface area contributed by atoms with Gasteiger partial charge in [0.1, 0.15) is 0 Å². The number of carbonyl (C=O) groups excluding carboxylic acids is 1. The van der Waals surface area contributed by atoms with E-state index < -0.39 is 17.5 Å². The zero-order chi connectivity index (χ0) is 12.1. The van der Waals surface area contributed by atoms with Gasteiger partial charge in [-0.25, -0.2) is 9.59 Å². The van der Waals surface area contributed by atoms with Crippen LogP contribution in [-0.2, 0) is 4.74 Å². The highest BCUT2D eigenvalue weighted by atomic mass is 35.5. The molecule has 0 radical (unpaired) electrons. The molecule has 0 heterocycles. The highest BCUT2D eigenvalue weighted by molar-refractivity contribution is 6.20. The summed E-state index contributed by atoms with van der Waals surface area (Å²) < 4.78 is 4.84. The van der Waals surface area contributed by atoms with E-state index in [9.17, 15) is 9.59 Å². The van der Waals surface area contributed by atoms with E-state index in [1.165, 1.54) is 18.2 Å². The highest BCUT2D eigenvalue weighted by Crippen LogP contribution is 2.13. The van der Waals surface area contributed by atoms with Gasteiger partial charge in [-0.1, -0.05) is 30.7 Å². The van der Waals surface area contributed by atoms with Crippen molar-refractivity contribution in [1.29, 1.82) is 0 Å². The largest absolute Gasteiger partial charge is 0.478 e. The van der Waals surface area contributed by atoms with Crippen molar-refractivity contribution in [2.75, 3.05) is 0 Å². The van der Waals surface area contributed by atoms with Crippen molar-refractivity contribution in [3.8, 4) is 0 Å². The number of halogens is 1. The Hall–Kier alpha value is -1.55. The number of alkyl halides is 1. The van der Waals surface area contributed by atoms with E-state index in [1.807, 2.05) is 0 Å². The number of hydrogen-bond donors (Lipinski definition) is 1. The second-order valence-corrected chi connectivity index (χ2v) is 3.56. The lowest BCUT2D eigenvalue weighted by Crippen LogP contribution is -2.15. The molecular weight excluding hydrogens is 232 g/mol. The lowest BCUT2D eigenvalue weighted by molar-refractivity contribution is 0.0435. The molecule has 0 saturated heterocycles. The maximum absolute atomic E-state index is 11.6. The van der Waals surface area contributed by atoms with Crippen molar-refractivity contribution < 1.29 is 19.4 Å². The zero-order valence-corrected chi connectivity index (χ0v) is 9.40. The Labute approximate surface area is 97.8 Å². The number of hydrogen-bond acceptors (Lipinski definition) is 3. The number of carboxylic acids is 1. The fraction of sp³-hybridized carbons (Fsp3) is 0.273. The van der Waals surface area contributed by atoms with Gasteiger partial charge >= 0.3 is 11.9 Å². The third kappa shape index (κ3) is 2.97. The van der Waals surface area contributed by atoms with Gasteiger partial charge in [0.2, 0.25) is 0 Å². The van der Waals surface area contributed by atoms with Crippen molar-refractivity contribution in [1.82, 2.24) is 0 Å². The van der Waals surface area contributed by atoms with Crippen LogP contribution in [0.3, 0.4) is 0 Å². The summed E-state index contributed by atoms with van der Waals surface area (Å²) in [6.07, 6.45) is 0.461. The van der Waals surface area contributed by atoms with Crippen LogP contribution in [-0.4, -0.2) is 22.6 Å². The van der Waals surface area contributed by atoms with Crippen molar-refractivity contribution >= 4 is 23.5 Å². The summed E-state index contributed by atoms with van der Waals surface area (Å²) >= 11 is 5.65. The van der Waals surface area contributed by atoms with Crippen molar-refractivity contribution in [3.05, 3.63) is 35.4 Å². The van der Waals surface area contributed by atoms with Crippen LogP contribution >= 0.6 is 11.6 Å². The lowest BCUT2D eigenvalue weighted by Gasteiger charge is -2.10. The van der Waals surface area contributed by atoms with Crippen molar-refractivity contribution in [2.45, 2.75) is 18.9 Å². The molecule has 1 unspecified atom stereocenters. The Balaban J connectivity index is 2.95. The predicted molar refractivity (Wildman–Crippen MR) is 58.7 cm³/mol. The molecule has 0 spiro atoms. The third-order valence-electron chi connectivity index (χ3n) is 1.93. The average Bonchev–Trinajstić information content (AvgIpc) is 2.28. The average molecular weight is 243 g/mol. The minimum atomic E-state index is -1.17. The summed E-state index contributed by atoms with van der Waals surface area (Å²) in [6.45, 7) is 1.76. The molecule has 4 nitrogen and oxygen atoms in total. The SMILES string of the molecule is CCC(Cl)OC(=O)c1ccccc1C(=O)O. The van der Waals surface area contributed by atoms with Crippen LogP contribution in [0.5, 0.6) is 0 Å². The van der Waals surface area contributed by atoms with Crippen LogP contribution in [0.4, 0.5) is 0 Å². The first kappa shape index (κ1) is 12.5. The maximum atomic E-state index is 11.6. The number of rotatable bonds is 4. The van der Waals surface area contributed by atoms with Crippen molar-refractivity contribution in [2.24, 2.45) is 0 Å². The summed E-state index contributed by atoms with van der Waals surface area (Å²) in [4.78, 5) is 22.4. The first-order valence-electron chi connectivity index (χ1n) is 4.73. The Kier molecular flexibility index (Phi) is 4.31. The van der Waals surface area contributed by atoms with Gasteiger partial charge in [-0.15, -0.1) is 0 Å². The van der Waals surface area contributed by atoms with Gasteiger partial charge in [0.25, 0.3) is 0 Å². The number of benzene rings is 1. The molecule has 5 heteroatoms. The summed E-state index contributed by atoms with van der Waals surface area (Å²) in [5.41, 5.74) is -0.823. The number of carboxylic acid groups (broad SMARTS) is 1. The molecule has 0 aliphatic rings. The van der Waals surface area contributed by atoms with Crippen LogP contribution < -0.4 is 0 Å². The molecule has 0 fully saturated rings. The van der Waals surface area contributed by atoms with E-state index in [4.69, 9.17) is 21.4 Å². The first-order chi connectivity index (χ1) is 7.56. The van der Waals surface area contributed by atoms with E-state index in [0.717, 1.165) is 0 Å². The molecule has 1 N–H and O–H groups in total. The summed E-state index contributed by atoms with van der Waals surface area (Å²) in [6, 6.07) is 5.84. The molecular formula is C11H11ClO4. The monoisotopic (exact) mass is 242 g/mol. The predicted octanol–water partition coefficient (Wildman–Crippen LogP) is 2.52. The van der Waals surface area contributed by atoms with Crippen molar-refractivity contribution in [3.63, 3.8) is 0 Å². The van der Waals surface area contributed by atoms with Crippen LogP contribution in [0, 0.1) is 0 Å². The highest BCUT2D eigenvalue weighted by Gasteiger charge is 2.18. The molecule has 0 saturated carbocycles. The standard InChI is InChI=1S/C11H11ClO4/c1-2-9(12)16-11(15)8-6-4-3-5-7(8)10(13)14/h3-6,9H,2H2,1H3,(H,13,14). The minimum Gasteiger partial charge on any atom is -0.478 e. The van der Waals surface area contributed by atoms with E-state index in [-0.39, 0.29) is 11.1 Å². The Morgan fingerprint density at radius 1 is 1.38 bits per heavy atom. The van der Waals surface area contributed by atoms with E-state index in [1.54, 1.807) is 13.0 Å². The topological polar surface area (TPSA) is 63.6 Å². The lowest BCUT2D eigenvalue weighted by atomic mass is 10.1. The van der Waals surface area contributed by atoms with E-state index in [2.05, 4.69) is 0 Å². The Bertz CT molecular complexity index is 403. The second-order valence-electron chi connectivity index (χ2n) is 3.07. The number of carbonyl (C=O) groups is 2. The van der Waals surface area contributed by atoms with Gasteiger partial charge in [0.15, 0.2) is 5.56 Å².